The maximum absolute atomic E-state index is 5.93. The lowest BCUT2D eigenvalue weighted by atomic mass is 10.1. The number of rotatable bonds is 5. The number of piperidine rings is 1. The second-order valence-electron chi connectivity index (χ2n) is 5.70. The molecular weight excluding hydrogens is 238 g/mol. The van der Waals surface area contributed by atoms with E-state index in [9.17, 15) is 0 Å². The zero-order chi connectivity index (χ0) is 13.7. The molecule has 1 aliphatic heterocycles. The topological polar surface area (TPSA) is 67.1 Å². The molecule has 5 heteroatoms. The van der Waals surface area contributed by atoms with Crippen LogP contribution < -0.4 is 16.0 Å². The van der Waals surface area contributed by atoms with Gasteiger partial charge in [0.15, 0.2) is 0 Å². The van der Waals surface area contributed by atoms with Crippen molar-refractivity contribution in [1.29, 1.82) is 0 Å². The summed E-state index contributed by atoms with van der Waals surface area (Å²) in [5, 5.41) is 3.36. The lowest BCUT2D eigenvalue weighted by Crippen LogP contribution is -2.40. The van der Waals surface area contributed by atoms with Gasteiger partial charge in [-0.25, -0.2) is 9.97 Å². The largest absolute Gasteiger partial charge is 0.370 e. The van der Waals surface area contributed by atoms with Crippen LogP contribution in [0.1, 0.15) is 33.1 Å². The molecule has 0 spiro atoms. The van der Waals surface area contributed by atoms with Crippen molar-refractivity contribution in [2.75, 3.05) is 29.9 Å². The van der Waals surface area contributed by atoms with Crippen LogP contribution in [0, 0.1) is 5.92 Å². The number of hydrogen-bond donors (Lipinski definition) is 2. The molecule has 2 rings (SSSR count). The molecule has 1 saturated heterocycles. The molecule has 1 fully saturated rings. The predicted octanol–water partition coefficient (Wildman–Crippen LogP) is 1.86. The number of aromatic nitrogens is 2. The highest BCUT2D eigenvalue weighted by atomic mass is 15.2. The highest BCUT2D eigenvalue weighted by molar-refractivity contribution is 5.48. The van der Waals surface area contributed by atoms with Gasteiger partial charge < -0.3 is 16.0 Å². The Morgan fingerprint density at radius 3 is 2.79 bits per heavy atom. The summed E-state index contributed by atoms with van der Waals surface area (Å²) in [6.07, 6.45) is 4.87. The minimum atomic E-state index is 0.349. The van der Waals surface area contributed by atoms with Crippen molar-refractivity contribution in [2.24, 2.45) is 11.7 Å². The fourth-order valence-electron chi connectivity index (χ4n) is 2.23. The Labute approximate surface area is 115 Å². The van der Waals surface area contributed by atoms with Gasteiger partial charge in [-0.15, -0.1) is 0 Å². The summed E-state index contributed by atoms with van der Waals surface area (Å²) >= 11 is 0. The molecule has 1 aromatic heterocycles. The number of anilines is 2. The zero-order valence-electron chi connectivity index (χ0n) is 12.0. The van der Waals surface area contributed by atoms with E-state index >= 15 is 0 Å². The monoisotopic (exact) mass is 263 g/mol. The standard InChI is InChI=1S/C14H25N5/c1-11(2)3-6-16-13-9-14(18-10-17-13)19-7-4-12(15)5-8-19/h9-12H,3-8,15H2,1-2H3,(H,16,17,18). The molecule has 0 radical (unpaired) electrons. The Bertz CT molecular complexity index is 385. The van der Waals surface area contributed by atoms with Crippen molar-refractivity contribution in [2.45, 2.75) is 39.2 Å². The Hall–Kier alpha value is -1.36. The van der Waals surface area contributed by atoms with Gasteiger partial charge in [0, 0.05) is 31.7 Å². The van der Waals surface area contributed by atoms with Gasteiger partial charge in [-0.2, -0.15) is 0 Å². The van der Waals surface area contributed by atoms with E-state index in [-0.39, 0.29) is 0 Å². The molecule has 0 aromatic carbocycles. The van der Waals surface area contributed by atoms with E-state index in [4.69, 9.17) is 5.73 Å². The van der Waals surface area contributed by atoms with Crippen LogP contribution in [0.15, 0.2) is 12.4 Å². The predicted molar refractivity (Wildman–Crippen MR) is 79.4 cm³/mol. The van der Waals surface area contributed by atoms with Crippen molar-refractivity contribution in [3.05, 3.63) is 12.4 Å². The van der Waals surface area contributed by atoms with E-state index in [0.29, 0.717) is 12.0 Å². The normalized spacial score (nSPS) is 16.9. The van der Waals surface area contributed by atoms with Crippen molar-refractivity contribution >= 4 is 11.6 Å². The Morgan fingerprint density at radius 1 is 1.37 bits per heavy atom. The first-order valence-electron chi connectivity index (χ1n) is 7.21. The Balaban J connectivity index is 1.91. The van der Waals surface area contributed by atoms with Gasteiger partial charge in [0.05, 0.1) is 0 Å². The molecule has 106 valence electrons. The third-order valence-electron chi connectivity index (χ3n) is 3.54. The highest BCUT2D eigenvalue weighted by Gasteiger charge is 2.17. The van der Waals surface area contributed by atoms with E-state index in [1.54, 1.807) is 6.33 Å². The lowest BCUT2D eigenvalue weighted by molar-refractivity contribution is 0.498. The molecule has 1 aromatic rings. The van der Waals surface area contributed by atoms with Crippen LogP contribution in [-0.4, -0.2) is 35.6 Å². The molecule has 0 aliphatic carbocycles. The van der Waals surface area contributed by atoms with Gasteiger partial charge in [0.1, 0.15) is 18.0 Å². The van der Waals surface area contributed by atoms with E-state index in [2.05, 4.69) is 34.0 Å². The minimum Gasteiger partial charge on any atom is -0.370 e. The summed E-state index contributed by atoms with van der Waals surface area (Å²) in [5.41, 5.74) is 5.93. The lowest BCUT2D eigenvalue weighted by Gasteiger charge is -2.31. The van der Waals surface area contributed by atoms with Crippen molar-refractivity contribution in [3.8, 4) is 0 Å². The average Bonchev–Trinajstić information content (AvgIpc) is 2.39. The van der Waals surface area contributed by atoms with Crippen molar-refractivity contribution in [1.82, 2.24) is 9.97 Å². The van der Waals surface area contributed by atoms with E-state index in [1.165, 1.54) is 0 Å². The molecule has 19 heavy (non-hydrogen) atoms. The molecule has 1 aliphatic rings. The first-order chi connectivity index (χ1) is 9.15. The van der Waals surface area contributed by atoms with E-state index < -0.39 is 0 Å². The van der Waals surface area contributed by atoms with Crippen LogP contribution in [-0.2, 0) is 0 Å². The van der Waals surface area contributed by atoms with Gasteiger partial charge in [0.25, 0.3) is 0 Å². The second kappa shape index (κ2) is 6.70. The van der Waals surface area contributed by atoms with Gasteiger partial charge in [-0.3, -0.25) is 0 Å². The second-order valence-corrected chi connectivity index (χ2v) is 5.70. The summed E-state index contributed by atoms with van der Waals surface area (Å²) < 4.78 is 0. The smallest absolute Gasteiger partial charge is 0.134 e. The van der Waals surface area contributed by atoms with Crippen LogP contribution in [0.3, 0.4) is 0 Å². The van der Waals surface area contributed by atoms with Crippen LogP contribution in [0.2, 0.25) is 0 Å². The highest BCUT2D eigenvalue weighted by Crippen LogP contribution is 2.18. The first-order valence-corrected chi connectivity index (χ1v) is 7.21. The maximum Gasteiger partial charge on any atom is 0.134 e. The van der Waals surface area contributed by atoms with Crippen LogP contribution in [0.25, 0.3) is 0 Å². The summed E-state index contributed by atoms with van der Waals surface area (Å²) in [5.74, 6) is 2.63. The molecule has 3 N–H and O–H groups in total. The minimum absolute atomic E-state index is 0.349. The first kappa shape index (κ1) is 14.1. The summed E-state index contributed by atoms with van der Waals surface area (Å²) in [7, 11) is 0. The fourth-order valence-corrected chi connectivity index (χ4v) is 2.23. The van der Waals surface area contributed by atoms with Gasteiger partial charge in [-0.1, -0.05) is 13.8 Å². The number of nitrogens with one attached hydrogen (secondary N) is 1. The van der Waals surface area contributed by atoms with Crippen molar-refractivity contribution in [3.63, 3.8) is 0 Å². The third kappa shape index (κ3) is 4.35. The average molecular weight is 263 g/mol. The molecule has 0 unspecified atom stereocenters. The van der Waals surface area contributed by atoms with Gasteiger partial charge in [-0.05, 0) is 25.2 Å². The molecule has 2 heterocycles. The summed E-state index contributed by atoms with van der Waals surface area (Å²) in [6.45, 7) is 7.39. The summed E-state index contributed by atoms with van der Waals surface area (Å²) in [6, 6.07) is 2.39. The molecule has 0 bridgehead atoms. The SMILES string of the molecule is CC(C)CCNc1cc(N2CCC(N)CC2)ncn1. The zero-order valence-corrected chi connectivity index (χ0v) is 12.0. The Morgan fingerprint density at radius 2 is 2.11 bits per heavy atom. The molecule has 5 nitrogen and oxygen atoms in total. The Kier molecular flexibility index (Phi) is 4.96. The van der Waals surface area contributed by atoms with Crippen LogP contribution in [0.5, 0.6) is 0 Å². The molecular formula is C14H25N5. The molecule has 0 amide bonds. The quantitative estimate of drug-likeness (QED) is 0.849. The number of nitrogens with two attached hydrogens (primary N) is 1. The van der Waals surface area contributed by atoms with Gasteiger partial charge in [0.2, 0.25) is 0 Å². The fraction of sp³-hybridized carbons (Fsp3) is 0.714. The van der Waals surface area contributed by atoms with Crippen LogP contribution >= 0.6 is 0 Å². The third-order valence-corrected chi connectivity index (χ3v) is 3.54. The van der Waals surface area contributed by atoms with E-state index in [1.807, 2.05) is 6.07 Å². The molecule has 0 atom stereocenters. The summed E-state index contributed by atoms with van der Waals surface area (Å²) in [4.78, 5) is 10.9. The van der Waals surface area contributed by atoms with E-state index in [0.717, 1.165) is 50.5 Å². The number of hydrogen-bond acceptors (Lipinski definition) is 5. The van der Waals surface area contributed by atoms with Crippen molar-refractivity contribution < 1.29 is 0 Å². The maximum atomic E-state index is 5.93. The van der Waals surface area contributed by atoms with Gasteiger partial charge >= 0.3 is 0 Å². The number of nitrogens with zero attached hydrogens (tertiary/aromatic N) is 3. The van der Waals surface area contributed by atoms with Crippen LogP contribution in [0.4, 0.5) is 11.6 Å². The molecule has 0 saturated carbocycles.